The molecule has 1 unspecified atom stereocenters. The summed E-state index contributed by atoms with van der Waals surface area (Å²) in [6.45, 7) is 6.18. The summed E-state index contributed by atoms with van der Waals surface area (Å²) < 4.78 is 1.71. The Morgan fingerprint density at radius 2 is 2.22 bits per heavy atom. The Balaban J connectivity index is 2.42. The van der Waals surface area contributed by atoms with E-state index < -0.39 is 0 Å². The molecular weight excluding hydrogens is 248 g/mol. The highest BCUT2D eigenvalue weighted by Crippen LogP contribution is 2.18. The van der Waals surface area contributed by atoms with Gasteiger partial charge in [0.15, 0.2) is 5.16 Å². The molecule has 0 aliphatic rings. The second kappa shape index (κ2) is 7.63. The van der Waals surface area contributed by atoms with Gasteiger partial charge in [-0.1, -0.05) is 18.7 Å². The van der Waals surface area contributed by atoms with Gasteiger partial charge >= 0.3 is 5.69 Å². The standard InChI is InChI=1S/C12H24N4OS/c1-5-10(13-4)7-6-8-18-12-15-14-11(17)16(12)9(2)3/h9-10,13H,5-8H2,1-4H3,(H,14,17). The molecule has 0 aliphatic carbocycles. The molecule has 0 saturated carbocycles. The molecule has 104 valence electrons. The lowest BCUT2D eigenvalue weighted by Gasteiger charge is -2.13. The van der Waals surface area contributed by atoms with Gasteiger partial charge in [0.25, 0.3) is 0 Å². The van der Waals surface area contributed by atoms with Gasteiger partial charge < -0.3 is 5.32 Å². The summed E-state index contributed by atoms with van der Waals surface area (Å²) in [4.78, 5) is 11.5. The average Bonchev–Trinajstić information content (AvgIpc) is 2.71. The minimum atomic E-state index is -0.117. The molecule has 1 atom stereocenters. The van der Waals surface area contributed by atoms with Crippen LogP contribution in [0.2, 0.25) is 0 Å². The van der Waals surface area contributed by atoms with Crippen LogP contribution in [-0.2, 0) is 0 Å². The van der Waals surface area contributed by atoms with Crippen LogP contribution in [-0.4, -0.2) is 33.6 Å². The fourth-order valence-corrected chi connectivity index (χ4v) is 2.93. The molecule has 1 rings (SSSR count). The summed E-state index contributed by atoms with van der Waals surface area (Å²) in [7, 11) is 2.01. The molecule has 0 radical (unpaired) electrons. The van der Waals surface area contributed by atoms with Gasteiger partial charge in [0.1, 0.15) is 0 Å². The van der Waals surface area contributed by atoms with Crippen LogP contribution in [0.25, 0.3) is 0 Å². The quantitative estimate of drug-likeness (QED) is 0.561. The fraction of sp³-hybridized carbons (Fsp3) is 0.833. The van der Waals surface area contributed by atoms with E-state index in [1.54, 1.807) is 16.3 Å². The normalized spacial score (nSPS) is 13.2. The predicted molar refractivity (Wildman–Crippen MR) is 76.3 cm³/mol. The molecule has 1 aromatic heterocycles. The first-order valence-corrected chi connectivity index (χ1v) is 7.55. The van der Waals surface area contributed by atoms with Crippen molar-refractivity contribution in [2.24, 2.45) is 0 Å². The van der Waals surface area contributed by atoms with Crippen LogP contribution < -0.4 is 11.0 Å². The molecule has 18 heavy (non-hydrogen) atoms. The Morgan fingerprint density at radius 3 is 2.78 bits per heavy atom. The molecule has 1 aromatic rings. The number of aromatic nitrogens is 3. The summed E-state index contributed by atoms with van der Waals surface area (Å²) in [5.74, 6) is 0.995. The van der Waals surface area contributed by atoms with Crippen molar-refractivity contribution in [3.63, 3.8) is 0 Å². The van der Waals surface area contributed by atoms with Gasteiger partial charge in [0, 0.05) is 17.8 Å². The fourth-order valence-electron chi connectivity index (χ4n) is 1.89. The molecule has 6 heteroatoms. The monoisotopic (exact) mass is 272 g/mol. The second-order valence-corrected chi connectivity index (χ2v) is 5.72. The lowest BCUT2D eigenvalue weighted by Crippen LogP contribution is -2.24. The van der Waals surface area contributed by atoms with Gasteiger partial charge in [0.05, 0.1) is 0 Å². The maximum absolute atomic E-state index is 11.5. The lowest BCUT2D eigenvalue weighted by atomic mass is 10.1. The molecule has 0 saturated heterocycles. The molecule has 1 heterocycles. The van der Waals surface area contributed by atoms with E-state index in [4.69, 9.17) is 0 Å². The van der Waals surface area contributed by atoms with Crippen molar-refractivity contribution in [3.8, 4) is 0 Å². The summed E-state index contributed by atoms with van der Waals surface area (Å²) in [5.41, 5.74) is -0.117. The van der Waals surface area contributed by atoms with Crippen molar-refractivity contribution >= 4 is 11.8 Å². The molecule has 2 N–H and O–H groups in total. The lowest BCUT2D eigenvalue weighted by molar-refractivity contribution is 0.503. The van der Waals surface area contributed by atoms with Gasteiger partial charge in [-0.05, 0) is 40.2 Å². The van der Waals surface area contributed by atoms with E-state index in [2.05, 4.69) is 22.4 Å². The summed E-state index contributed by atoms with van der Waals surface area (Å²) >= 11 is 1.65. The number of nitrogens with one attached hydrogen (secondary N) is 2. The maximum atomic E-state index is 11.5. The molecular formula is C12H24N4OS. The number of nitrogens with zero attached hydrogens (tertiary/aromatic N) is 2. The van der Waals surface area contributed by atoms with Gasteiger partial charge in [-0.3, -0.25) is 4.57 Å². The van der Waals surface area contributed by atoms with Crippen molar-refractivity contribution in [2.45, 2.75) is 57.3 Å². The van der Waals surface area contributed by atoms with Crippen molar-refractivity contribution in [2.75, 3.05) is 12.8 Å². The van der Waals surface area contributed by atoms with E-state index in [-0.39, 0.29) is 11.7 Å². The maximum Gasteiger partial charge on any atom is 0.344 e. The van der Waals surface area contributed by atoms with Gasteiger partial charge in [-0.2, -0.15) is 0 Å². The van der Waals surface area contributed by atoms with Crippen LogP contribution >= 0.6 is 11.8 Å². The number of thioether (sulfide) groups is 1. The Kier molecular flexibility index (Phi) is 6.49. The third kappa shape index (κ3) is 4.17. The van der Waals surface area contributed by atoms with Gasteiger partial charge in [-0.25, -0.2) is 9.89 Å². The van der Waals surface area contributed by atoms with E-state index in [0.29, 0.717) is 6.04 Å². The highest BCUT2D eigenvalue weighted by Gasteiger charge is 2.11. The Morgan fingerprint density at radius 1 is 1.50 bits per heavy atom. The highest BCUT2D eigenvalue weighted by molar-refractivity contribution is 7.99. The van der Waals surface area contributed by atoms with Gasteiger partial charge in [-0.15, -0.1) is 5.10 Å². The van der Waals surface area contributed by atoms with Crippen LogP contribution in [0.1, 0.15) is 46.1 Å². The zero-order chi connectivity index (χ0) is 13.5. The minimum absolute atomic E-state index is 0.117. The third-order valence-electron chi connectivity index (χ3n) is 3.02. The van der Waals surface area contributed by atoms with Crippen LogP contribution in [0.3, 0.4) is 0 Å². The number of H-pyrrole nitrogens is 1. The van der Waals surface area contributed by atoms with Crippen molar-refractivity contribution in [1.82, 2.24) is 20.1 Å². The largest absolute Gasteiger partial charge is 0.344 e. The molecule has 0 fully saturated rings. The second-order valence-electron chi connectivity index (χ2n) is 4.66. The first kappa shape index (κ1) is 15.3. The van der Waals surface area contributed by atoms with Crippen LogP contribution in [0.4, 0.5) is 0 Å². The molecule has 0 spiro atoms. The third-order valence-corrected chi connectivity index (χ3v) is 4.06. The molecule has 0 aromatic carbocycles. The predicted octanol–water partition coefficient (Wildman–Crippen LogP) is 2.02. The average molecular weight is 272 g/mol. The minimum Gasteiger partial charge on any atom is -0.317 e. The Hall–Kier alpha value is -0.750. The first-order chi connectivity index (χ1) is 8.60. The summed E-state index contributed by atoms with van der Waals surface area (Å²) in [6.07, 6.45) is 3.44. The van der Waals surface area contributed by atoms with Crippen LogP contribution in [0.5, 0.6) is 0 Å². The highest BCUT2D eigenvalue weighted by atomic mass is 32.2. The van der Waals surface area contributed by atoms with Crippen LogP contribution in [0, 0.1) is 0 Å². The number of rotatable bonds is 8. The first-order valence-electron chi connectivity index (χ1n) is 6.57. The Labute approximate surface area is 113 Å². The number of hydrogen-bond donors (Lipinski definition) is 2. The molecule has 0 bridgehead atoms. The SMILES string of the molecule is CCC(CCCSc1n[nH]c(=O)n1C(C)C)NC. The summed E-state index contributed by atoms with van der Waals surface area (Å²) in [6, 6.07) is 0.747. The molecule has 5 nitrogen and oxygen atoms in total. The zero-order valence-electron chi connectivity index (χ0n) is 11.7. The van der Waals surface area contributed by atoms with E-state index in [1.165, 1.54) is 0 Å². The van der Waals surface area contributed by atoms with Crippen molar-refractivity contribution < 1.29 is 0 Å². The zero-order valence-corrected chi connectivity index (χ0v) is 12.5. The van der Waals surface area contributed by atoms with E-state index in [0.717, 1.165) is 30.2 Å². The molecule has 0 aliphatic heterocycles. The Bertz CT molecular complexity index is 395. The van der Waals surface area contributed by atoms with Gasteiger partial charge in [0.2, 0.25) is 0 Å². The topological polar surface area (TPSA) is 62.7 Å². The van der Waals surface area contributed by atoms with Crippen molar-refractivity contribution in [1.29, 1.82) is 0 Å². The molecule has 0 amide bonds. The van der Waals surface area contributed by atoms with Crippen molar-refractivity contribution in [3.05, 3.63) is 10.5 Å². The van der Waals surface area contributed by atoms with E-state index in [9.17, 15) is 4.79 Å². The van der Waals surface area contributed by atoms with E-state index in [1.807, 2.05) is 20.9 Å². The van der Waals surface area contributed by atoms with Crippen LogP contribution in [0.15, 0.2) is 9.95 Å². The summed E-state index contributed by atoms with van der Waals surface area (Å²) in [5, 5.41) is 10.7. The van der Waals surface area contributed by atoms with E-state index >= 15 is 0 Å². The number of aromatic amines is 1. The smallest absolute Gasteiger partial charge is 0.317 e. The number of hydrogen-bond acceptors (Lipinski definition) is 4.